The van der Waals surface area contributed by atoms with Crippen molar-refractivity contribution in [3.8, 4) is 0 Å². The van der Waals surface area contributed by atoms with E-state index in [1.165, 1.54) is 12.1 Å². The van der Waals surface area contributed by atoms with Gasteiger partial charge in [0.25, 0.3) is 10.0 Å². The fraction of sp³-hybridized carbons (Fsp3) is 0.154. The van der Waals surface area contributed by atoms with Crippen LogP contribution in [0.25, 0.3) is 10.8 Å². The molecule has 4 aromatic rings. The van der Waals surface area contributed by atoms with Gasteiger partial charge in [-0.1, -0.05) is 60.7 Å². The summed E-state index contributed by atoms with van der Waals surface area (Å²) in [5, 5.41) is 1.76. The summed E-state index contributed by atoms with van der Waals surface area (Å²) in [6.07, 6.45) is -4.59. The molecule has 0 radical (unpaired) electrons. The van der Waals surface area contributed by atoms with Crippen molar-refractivity contribution < 1.29 is 21.6 Å². The summed E-state index contributed by atoms with van der Waals surface area (Å²) < 4.78 is 69.1. The molecule has 0 aromatic heterocycles. The Bertz CT molecular complexity index is 1420. The van der Waals surface area contributed by atoms with Gasteiger partial charge in [-0.2, -0.15) is 13.2 Å². The van der Waals surface area contributed by atoms with E-state index >= 15 is 0 Å². The lowest BCUT2D eigenvalue weighted by Gasteiger charge is -2.27. The molecule has 170 valence electrons. The monoisotopic (exact) mass is 469 g/mol. The van der Waals surface area contributed by atoms with Crippen LogP contribution in [-0.2, 0) is 22.7 Å². The number of fused-ring (bicyclic) bond motifs is 1. The maximum absolute atomic E-state index is 13.9. The number of benzene rings is 4. The molecule has 0 aliphatic heterocycles. The van der Waals surface area contributed by atoms with Gasteiger partial charge in [0.05, 0.1) is 22.7 Å². The Morgan fingerprint density at radius 3 is 2.27 bits per heavy atom. The maximum atomic E-state index is 13.9. The number of aryl methyl sites for hydroxylation is 2. The SMILES string of the molecule is Cc1ccc(C)c(S(=O)(=O)N(Cc2cccc3ccccc23)c2cccc(C(F)(F)F)c2)c1. The van der Waals surface area contributed by atoms with Gasteiger partial charge in [-0.15, -0.1) is 0 Å². The summed E-state index contributed by atoms with van der Waals surface area (Å²) in [6.45, 7) is 3.34. The van der Waals surface area contributed by atoms with E-state index in [1.807, 2.05) is 36.4 Å². The highest BCUT2D eigenvalue weighted by Gasteiger charge is 2.33. The van der Waals surface area contributed by atoms with Crippen molar-refractivity contribution in [2.45, 2.75) is 31.5 Å². The van der Waals surface area contributed by atoms with Gasteiger partial charge < -0.3 is 0 Å². The van der Waals surface area contributed by atoms with E-state index < -0.39 is 21.8 Å². The number of anilines is 1. The second kappa shape index (κ2) is 8.56. The minimum atomic E-state index is -4.59. The van der Waals surface area contributed by atoms with E-state index in [2.05, 4.69) is 0 Å². The number of alkyl halides is 3. The van der Waals surface area contributed by atoms with Crippen molar-refractivity contribution in [2.24, 2.45) is 0 Å². The molecule has 3 nitrogen and oxygen atoms in total. The smallest absolute Gasteiger partial charge is 0.262 e. The predicted molar refractivity (Wildman–Crippen MR) is 125 cm³/mol. The number of sulfonamides is 1. The Balaban J connectivity index is 1.92. The van der Waals surface area contributed by atoms with Gasteiger partial charge in [0.15, 0.2) is 0 Å². The highest BCUT2D eigenvalue weighted by molar-refractivity contribution is 7.92. The maximum Gasteiger partial charge on any atom is 0.416 e. The van der Waals surface area contributed by atoms with Crippen molar-refractivity contribution in [3.05, 3.63) is 107 Å². The Morgan fingerprint density at radius 1 is 0.818 bits per heavy atom. The third-order valence-corrected chi connectivity index (χ3v) is 7.48. The Kier molecular flexibility index (Phi) is 5.93. The zero-order chi connectivity index (χ0) is 23.8. The lowest BCUT2D eigenvalue weighted by Crippen LogP contribution is -2.31. The number of halogens is 3. The van der Waals surface area contributed by atoms with Gasteiger partial charge in [0.1, 0.15) is 0 Å². The lowest BCUT2D eigenvalue weighted by molar-refractivity contribution is -0.137. The summed E-state index contributed by atoms with van der Waals surface area (Å²) in [5.74, 6) is 0. The normalized spacial score (nSPS) is 12.2. The van der Waals surface area contributed by atoms with Crippen molar-refractivity contribution in [3.63, 3.8) is 0 Å². The third-order valence-electron chi connectivity index (χ3n) is 5.57. The molecule has 33 heavy (non-hydrogen) atoms. The van der Waals surface area contributed by atoms with E-state index in [-0.39, 0.29) is 17.1 Å². The molecule has 0 saturated carbocycles. The van der Waals surface area contributed by atoms with Gasteiger partial charge >= 0.3 is 6.18 Å². The largest absolute Gasteiger partial charge is 0.416 e. The van der Waals surface area contributed by atoms with Crippen LogP contribution in [0.15, 0.2) is 89.8 Å². The van der Waals surface area contributed by atoms with Crippen LogP contribution in [0.2, 0.25) is 0 Å². The van der Waals surface area contributed by atoms with Crippen LogP contribution in [-0.4, -0.2) is 8.42 Å². The minimum absolute atomic E-state index is 0.0429. The molecule has 0 amide bonds. The molecule has 7 heteroatoms. The van der Waals surface area contributed by atoms with E-state index in [9.17, 15) is 21.6 Å². The van der Waals surface area contributed by atoms with Gasteiger partial charge in [-0.3, -0.25) is 4.31 Å². The topological polar surface area (TPSA) is 37.4 Å². The lowest BCUT2D eigenvalue weighted by atomic mass is 10.0. The zero-order valence-electron chi connectivity index (χ0n) is 18.1. The van der Waals surface area contributed by atoms with E-state index in [0.29, 0.717) is 11.1 Å². The Labute approximate surface area is 191 Å². The molecule has 0 N–H and O–H groups in total. The number of nitrogens with zero attached hydrogens (tertiary/aromatic N) is 1. The summed E-state index contributed by atoms with van der Waals surface area (Å²) in [4.78, 5) is 0.0696. The minimum Gasteiger partial charge on any atom is -0.262 e. The van der Waals surface area contributed by atoms with Gasteiger partial charge in [0.2, 0.25) is 0 Å². The van der Waals surface area contributed by atoms with Crippen LogP contribution in [0.5, 0.6) is 0 Å². The molecular formula is C26H22F3NO2S. The van der Waals surface area contributed by atoms with Crippen LogP contribution in [0.4, 0.5) is 18.9 Å². The molecule has 0 atom stereocenters. The van der Waals surface area contributed by atoms with Crippen molar-refractivity contribution in [2.75, 3.05) is 4.31 Å². The van der Waals surface area contributed by atoms with E-state index in [1.54, 1.807) is 38.1 Å². The number of rotatable bonds is 5. The molecule has 0 fully saturated rings. The Morgan fingerprint density at radius 2 is 1.52 bits per heavy atom. The van der Waals surface area contributed by atoms with Gasteiger partial charge in [-0.05, 0) is 65.6 Å². The number of hydrogen-bond donors (Lipinski definition) is 0. The second-order valence-electron chi connectivity index (χ2n) is 7.97. The van der Waals surface area contributed by atoms with Crippen molar-refractivity contribution in [1.82, 2.24) is 0 Å². The standard InChI is InChI=1S/C26H22F3NO2S/c1-18-13-14-19(2)25(15-18)33(31,32)30(23-11-6-10-22(16-23)26(27,28)29)17-21-9-5-8-20-7-3-4-12-24(20)21/h3-16H,17H2,1-2H3. The molecule has 0 heterocycles. The highest BCUT2D eigenvalue weighted by Crippen LogP contribution is 2.35. The third kappa shape index (κ3) is 4.59. The molecule has 0 saturated heterocycles. The Hall–Kier alpha value is -3.32. The van der Waals surface area contributed by atoms with Crippen LogP contribution in [0, 0.1) is 13.8 Å². The average molecular weight is 470 g/mol. The van der Waals surface area contributed by atoms with E-state index in [4.69, 9.17) is 0 Å². The molecule has 0 aliphatic carbocycles. The molecule has 0 unspecified atom stereocenters. The first kappa shape index (κ1) is 22.9. The zero-order valence-corrected chi connectivity index (χ0v) is 18.9. The summed E-state index contributed by atoms with van der Waals surface area (Å²) in [6, 6.07) is 22.5. The molecule has 0 aliphatic rings. The van der Waals surface area contributed by atoms with Crippen LogP contribution in [0.3, 0.4) is 0 Å². The fourth-order valence-corrected chi connectivity index (χ4v) is 5.59. The number of hydrogen-bond acceptors (Lipinski definition) is 2. The average Bonchev–Trinajstić information content (AvgIpc) is 2.78. The van der Waals surface area contributed by atoms with Crippen LogP contribution < -0.4 is 4.31 Å². The molecule has 0 bridgehead atoms. The summed E-state index contributed by atoms with van der Waals surface area (Å²) in [5.41, 5.74) is 1.01. The van der Waals surface area contributed by atoms with Crippen molar-refractivity contribution in [1.29, 1.82) is 0 Å². The molecule has 4 aromatic carbocycles. The van der Waals surface area contributed by atoms with Gasteiger partial charge in [0, 0.05) is 0 Å². The van der Waals surface area contributed by atoms with Gasteiger partial charge in [-0.25, -0.2) is 8.42 Å². The molecule has 0 spiro atoms. The van der Waals surface area contributed by atoms with Crippen LogP contribution >= 0.6 is 0 Å². The van der Waals surface area contributed by atoms with Crippen molar-refractivity contribution >= 4 is 26.5 Å². The van der Waals surface area contributed by atoms with E-state index in [0.717, 1.165) is 32.8 Å². The quantitative estimate of drug-likeness (QED) is 0.320. The van der Waals surface area contributed by atoms with Crippen LogP contribution in [0.1, 0.15) is 22.3 Å². The first-order chi connectivity index (χ1) is 15.6. The predicted octanol–water partition coefficient (Wildman–Crippen LogP) is 6.87. The summed E-state index contributed by atoms with van der Waals surface area (Å²) >= 11 is 0. The second-order valence-corrected chi connectivity index (χ2v) is 9.80. The molecular weight excluding hydrogens is 447 g/mol. The first-order valence-corrected chi connectivity index (χ1v) is 11.8. The highest BCUT2D eigenvalue weighted by atomic mass is 32.2. The fourth-order valence-electron chi connectivity index (χ4n) is 3.84. The molecule has 4 rings (SSSR count). The first-order valence-electron chi connectivity index (χ1n) is 10.3. The summed E-state index contributed by atoms with van der Waals surface area (Å²) in [7, 11) is -4.17.